The normalized spacial score (nSPS) is 21.6. The van der Waals surface area contributed by atoms with Gasteiger partial charge in [-0.25, -0.2) is 17.6 Å². The number of halogens is 1. The van der Waals surface area contributed by atoms with Crippen molar-refractivity contribution in [2.45, 2.75) is 30.1 Å². The minimum atomic E-state index is -4.15. The zero-order chi connectivity index (χ0) is 23.9. The fourth-order valence-corrected chi connectivity index (χ4v) is 6.08. The van der Waals surface area contributed by atoms with Gasteiger partial charge in [0.1, 0.15) is 17.1 Å². The lowest BCUT2D eigenvalue weighted by Crippen LogP contribution is -2.20. The van der Waals surface area contributed by atoms with Crippen molar-refractivity contribution in [2.24, 2.45) is 5.92 Å². The molecule has 2 aliphatic heterocycles. The second-order valence-electron chi connectivity index (χ2n) is 9.01. The van der Waals surface area contributed by atoms with Crippen LogP contribution in [0, 0.1) is 11.7 Å². The molecule has 0 amide bonds. The minimum absolute atomic E-state index is 0.0576. The van der Waals surface area contributed by atoms with Crippen LogP contribution >= 0.6 is 0 Å². The van der Waals surface area contributed by atoms with E-state index in [1.54, 1.807) is 18.2 Å². The van der Waals surface area contributed by atoms with Crippen LogP contribution in [0.25, 0.3) is 6.08 Å². The van der Waals surface area contributed by atoms with Crippen LogP contribution in [-0.4, -0.2) is 52.6 Å². The third-order valence-electron chi connectivity index (χ3n) is 6.71. The van der Waals surface area contributed by atoms with Crippen LogP contribution in [0.3, 0.4) is 0 Å². The van der Waals surface area contributed by atoms with Gasteiger partial charge in [0.15, 0.2) is 0 Å². The Bertz CT molecular complexity index is 1250. The molecular formula is C25H27FN2O5S. The molecule has 7 nitrogen and oxygen atoms in total. The molecule has 0 spiro atoms. The molecule has 5 rings (SSSR count). The summed E-state index contributed by atoms with van der Waals surface area (Å²) in [4.78, 5) is 14.8. The Morgan fingerprint density at radius 1 is 1.26 bits per heavy atom. The first-order valence-electron chi connectivity index (χ1n) is 11.5. The Hall–Kier alpha value is -2.91. The second kappa shape index (κ2) is 9.03. The highest BCUT2D eigenvalue weighted by atomic mass is 32.2. The average Bonchev–Trinajstić information content (AvgIpc) is 3.43. The quantitative estimate of drug-likeness (QED) is 0.595. The van der Waals surface area contributed by atoms with Gasteiger partial charge in [-0.05, 0) is 73.7 Å². The van der Waals surface area contributed by atoms with E-state index in [9.17, 15) is 17.6 Å². The maximum Gasteiger partial charge on any atom is 0.343 e. The van der Waals surface area contributed by atoms with E-state index in [1.165, 1.54) is 19.2 Å². The summed E-state index contributed by atoms with van der Waals surface area (Å²) in [5.74, 6) is -0.0813. The molecule has 3 aliphatic rings. The van der Waals surface area contributed by atoms with Gasteiger partial charge in [0.2, 0.25) is 0 Å². The highest BCUT2D eigenvalue weighted by molar-refractivity contribution is 7.92. The number of esters is 1. The van der Waals surface area contributed by atoms with Gasteiger partial charge in [0.05, 0.1) is 24.3 Å². The number of carbonyl (C=O) groups is 1. The molecular weight excluding hydrogens is 459 g/mol. The molecule has 0 aromatic heterocycles. The molecule has 1 N–H and O–H groups in total. The molecule has 2 fully saturated rings. The largest absolute Gasteiger partial charge is 0.492 e. The summed E-state index contributed by atoms with van der Waals surface area (Å²) < 4.78 is 54.1. The lowest BCUT2D eigenvalue weighted by Gasteiger charge is -2.22. The molecule has 2 heterocycles. The Morgan fingerprint density at radius 3 is 2.82 bits per heavy atom. The number of nitrogens with zero attached hydrogens (tertiary/aromatic N) is 1. The maximum atomic E-state index is 14.0. The fourth-order valence-electron chi connectivity index (χ4n) is 4.83. The van der Waals surface area contributed by atoms with Gasteiger partial charge in [-0.3, -0.25) is 9.62 Å². The van der Waals surface area contributed by atoms with Gasteiger partial charge < -0.3 is 9.47 Å². The van der Waals surface area contributed by atoms with Crippen molar-refractivity contribution in [1.29, 1.82) is 0 Å². The van der Waals surface area contributed by atoms with E-state index >= 15 is 0 Å². The van der Waals surface area contributed by atoms with Crippen LogP contribution in [0.5, 0.6) is 5.75 Å². The van der Waals surface area contributed by atoms with Crippen molar-refractivity contribution >= 4 is 27.8 Å². The van der Waals surface area contributed by atoms with Crippen LogP contribution in [0.15, 0.2) is 41.3 Å². The molecule has 0 bridgehead atoms. The van der Waals surface area contributed by atoms with Gasteiger partial charge in [-0.2, -0.15) is 0 Å². The van der Waals surface area contributed by atoms with Crippen LogP contribution in [0.1, 0.15) is 46.7 Å². The highest BCUT2D eigenvalue weighted by Crippen LogP contribution is 2.55. The zero-order valence-corrected chi connectivity index (χ0v) is 19.7. The fraction of sp³-hybridized carbons (Fsp3) is 0.400. The van der Waals surface area contributed by atoms with E-state index in [2.05, 4.69) is 9.62 Å². The number of rotatable bonds is 7. The maximum absolute atomic E-state index is 14.0. The van der Waals surface area contributed by atoms with E-state index < -0.39 is 21.8 Å². The first-order valence-corrected chi connectivity index (χ1v) is 12.9. The van der Waals surface area contributed by atoms with Crippen molar-refractivity contribution < 1.29 is 27.1 Å². The smallest absolute Gasteiger partial charge is 0.343 e. The van der Waals surface area contributed by atoms with Crippen molar-refractivity contribution in [3.8, 4) is 5.75 Å². The van der Waals surface area contributed by atoms with Crippen molar-refractivity contribution in [3.63, 3.8) is 0 Å². The third kappa shape index (κ3) is 4.42. The number of likely N-dealkylation sites (tertiary alicyclic amines) is 1. The van der Waals surface area contributed by atoms with Gasteiger partial charge in [-0.1, -0.05) is 18.2 Å². The number of sulfonamides is 1. The third-order valence-corrected chi connectivity index (χ3v) is 8.15. The number of ether oxygens (including phenoxy) is 2. The van der Waals surface area contributed by atoms with Gasteiger partial charge in [0.25, 0.3) is 10.0 Å². The summed E-state index contributed by atoms with van der Waals surface area (Å²) in [6, 6.07) is 6.90. The molecule has 0 radical (unpaired) electrons. The number of hydrogen-bond donors (Lipinski definition) is 1. The topological polar surface area (TPSA) is 84.9 Å². The van der Waals surface area contributed by atoms with Crippen LogP contribution in [0.4, 0.5) is 10.1 Å². The summed E-state index contributed by atoms with van der Waals surface area (Å²) in [6.45, 7) is 3.15. The predicted molar refractivity (Wildman–Crippen MR) is 126 cm³/mol. The number of hydrogen-bond acceptors (Lipinski definition) is 6. The molecule has 1 saturated carbocycles. The van der Waals surface area contributed by atoms with Gasteiger partial charge in [-0.15, -0.1) is 0 Å². The van der Waals surface area contributed by atoms with E-state index in [4.69, 9.17) is 9.47 Å². The molecule has 1 saturated heterocycles. The van der Waals surface area contributed by atoms with E-state index in [0.29, 0.717) is 30.7 Å². The molecule has 2 aromatic carbocycles. The van der Waals surface area contributed by atoms with Crippen LogP contribution in [-0.2, 0) is 14.8 Å². The van der Waals surface area contributed by atoms with Crippen molar-refractivity contribution in [3.05, 3.63) is 58.9 Å². The molecule has 2 atom stereocenters. The molecule has 0 unspecified atom stereocenters. The van der Waals surface area contributed by atoms with Crippen molar-refractivity contribution in [1.82, 2.24) is 4.90 Å². The Kier molecular flexibility index (Phi) is 6.07. The standard InChI is InChI=1S/C25H27FN2O5S/c1-32-25(29)23-21(8-7-19-20-14-17(20)15-33-24(19)23)27-34(30,31)22-9-6-18(26)13-16(22)5-4-12-28-10-2-3-11-28/h4-9,13,17,20,27H,2-3,10-12,14-15H2,1H3/b5-4-/t17-,20-/m0/s1. The number of fused-ring (bicyclic) bond motifs is 3. The predicted octanol–water partition coefficient (Wildman–Crippen LogP) is 4.02. The lowest BCUT2D eigenvalue weighted by atomic mass is 10.0. The molecule has 2 aromatic rings. The summed E-state index contributed by atoms with van der Waals surface area (Å²) >= 11 is 0. The zero-order valence-electron chi connectivity index (χ0n) is 18.9. The highest BCUT2D eigenvalue weighted by Gasteiger charge is 2.45. The first-order chi connectivity index (χ1) is 16.4. The number of nitrogens with one attached hydrogen (secondary N) is 1. The van der Waals surface area contributed by atoms with Crippen molar-refractivity contribution in [2.75, 3.05) is 38.1 Å². The number of anilines is 1. The van der Waals surface area contributed by atoms with Crippen LogP contribution < -0.4 is 9.46 Å². The van der Waals surface area contributed by atoms with Crippen LogP contribution in [0.2, 0.25) is 0 Å². The Balaban J connectivity index is 1.47. The number of methoxy groups -OCH3 is 1. The minimum Gasteiger partial charge on any atom is -0.492 e. The lowest BCUT2D eigenvalue weighted by molar-refractivity contribution is 0.0596. The Labute approximate surface area is 198 Å². The second-order valence-corrected chi connectivity index (χ2v) is 10.7. The molecule has 34 heavy (non-hydrogen) atoms. The number of carbonyl (C=O) groups excluding carboxylic acids is 1. The van der Waals surface area contributed by atoms with E-state index in [0.717, 1.165) is 44.0 Å². The van der Waals surface area contributed by atoms with E-state index in [-0.39, 0.29) is 21.7 Å². The number of benzene rings is 2. The Morgan fingerprint density at radius 2 is 2.06 bits per heavy atom. The molecule has 1 aliphatic carbocycles. The average molecular weight is 487 g/mol. The van der Waals surface area contributed by atoms with Gasteiger partial charge in [0, 0.05) is 12.5 Å². The summed E-state index contributed by atoms with van der Waals surface area (Å²) in [5, 5.41) is 0. The summed E-state index contributed by atoms with van der Waals surface area (Å²) in [7, 11) is -2.91. The van der Waals surface area contributed by atoms with E-state index in [1.807, 2.05) is 6.08 Å². The summed E-state index contributed by atoms with van der Waals surface area (Å²) in [6.07, 6.45) is 6.75. The van der Waals surface area contributed by atoms with Gasteiger partial charge >= 0.3 is 5.97 Å². The summed E-state index contributed by atoms with van der Waals surface area (Å²) in [5.41, 5.74) is 1.26. The molecule has 9 heteroatoms. The molecule has 180 valence electrons. The SMILES string of the molecule is COC(=O)c1c(NS(=O)(=O)c2ccc(F)cc2/C=C\CN2CCCC2)ccc2c1OC[C@@H]1C[C@H]21. The monoisotopic (exact) mass is 486 g/mol. The first kappa shape index (κ1) is 22.9.